The number of hydrogen-bond donors (Lipinski definition) is 1. The summed E-state index contributed by atoms with van der Waals surface area (Å²) < 4.78 is 1.75. The molecule has 0 aliphatic carbocycles. The first kappa shape index (κ1) is 16.7. The highest BCUT2D eigenvalue weighted by Crippen LogP contribution is 2.27. The minimum atomic E-state index is -0.253. The van der Waals surface area contributed by atoms with E-state index in [2.05, 4.69) is 0 Å². The Morgan fingerprint density at radius 3 is 2.15 bits per heavy atom. The fourth-order valence-corrected chi connectivity index (χ4v) is 3.66. The molecule has 0 fully saturated rings. The maximum atomic E-state index is 13.4. The van der Waals surface area contributed by atoms with Gasteiger partial charge in [-0.1, -0.05) is 60.7 Å². The van der Waals surface area contributed by atoms with E-state index in [1.807, 2.05) is 67.6 Å². The van der Waals surface area contributed by atoms with Crippen molar-refractivity contribution in [2.45, 2.75) is 25.9 Å². The van der Waals surface area contributed by atoms with Crippen LogP contribution in [0.2, 0.25) is 0 Å². The summed E-state index contributed by atoms with van der Waals surface area (Å²) in [7, 11) is 0. The SMILES string of the molecule is Cc1nc2c(c(=O)n1C(c1ccccc1)c1ccccc1)CN(O)CC2. The molecule has 1 aliphatic heterocycles. The Morgan fingerprint density at radius 1 is 1.00 bits per heavy atom. The van der Waals surface area contributed by atoms with Crippen molar-refractivity contribution >= 4 is 0 Å². The standard InChI is InChI=1S/C21H21N3O2/c1-15-22-19-12-13-23(26)14-18(19)21(25)24(15)20(16-8-4-2-5-9-16)17-10-6-3-7-11-17/h2-11,20,26H,12-14H2,1H3. The second kappa shape index (κ2) is 6.86. The van der Waals surface area contributed by atoms with Crippen LogP contribution in [0.1, 0.15) is 34.3 Å². The third-order valence-corrected chi connectivity index (χ3v) is 4.91. The summed E-state index contributed by atoms with van der Waals surface area (Å²) in [6.45, 7) is 2.60. The lowest BCUT2D eigenvalue weighted by atomic mass is 9.97. The Balaban J connectivity index is 1.95. The number of benzene rings is 2. The maximum absolute atomic E-state index is 13.4. The average molecular weight is 347 g/mol. The van der Waals surface area contributed by atoms with Crippen LogP contribution in [0, 0.1) is 6.92 Å². The normalized spacial score (nSPS) is 14.4. The summed E-state index contributed by atoms with van der Waals surface area (Å²) in [4.78, 5) is 18.1. The molecule has 0 unspecified atom stereocenters. The molecule has 26 heavy (non-hydrogen) atoms. The van der Waals surface area contributed by atoms with Crippen molar-refractivity contribution in [2.24, 2.45) is 0 Å². The van der Waals surface area contributed by atoms with Crippen molar-refractivity contribution in [1.82, 2.24) is 14.6 Å². The van der Waals surface area contributed by atoms with E-state index in [4.69, 9.17) is 4.98 Å². The zero-order valence-electron chi connectivity index (χ0n) is 14.7. The van der Waals surface area contributed by atoms with Crippen molar-refractivity contribution in [3.8, 4) is 0 Å². The largest absolute Gasteiger partial charge is 0.314 e. The highest BCUT2D eigenvalue weighted by Gasteiger charge is 2.26. The van der Waals surface area contributed by atoms with Gasteiger partial charge in [-0.15, -0.1) is 0 Å². The van der Waals surface area contributed by atoms with Gasteiger partial charge in [-0.25, -0.2) is 4.98 Å². The van der Waals surface area contributed by atoms with Crippen LogP contribution in [0.4, 0.5) is 0 Å². The fourth-order valence-electron chi connectivity index (χ4n) is 3.66. The third kappa shape index (κ3) is 2.96. The van der Waals surface area contributed by atoms with Crippen LogP contribution < -0.4 is 5.56 Å². The van der Waals surface area contributed by atoms with Gasteiger partial charge in [-0.2, -0.15) is 5.06 Å². The summed E-state index contributed by atoms with van der Waals surface area (Å²) in [5, 5.41) is 11.1. The second-order valence-corrected chi connectivity index (χ2v) is 6.62. The van der Waals surface area contributed by atoms with Crippen LogP contribution in [0.15, 0.2) is 65.5 Å². The summed E-state index contributed by atoms with van der Waals surface area (Å²) in [5.74, 6) is 0.692. The van der Waals surface area contributed by atoms with Gasteiger partial charge in [0.25, 0.3) is 5.56 Å². The Bertz CT molecular complexity index is 928. The van der Waals surface area contributed by atoms with Crippen molar-refractivity contribution in [3.05, 3.63) is 99.2 Å². The Kier molecular flexibility index (Phi) is 4.41. The quantitative estimate of drug-likeness (QED) is 0.791. The minimum Gasteiger partial charge on any atom is -0.314 e. The van der Waals surface area contributed by atoms with Crippen LogP contribution in [0.25, 0.3) is 0 Å². The highest BCUT2D eigenvalue weighted by molar-refractivity contribution is 5.34. The number of aryl methyl sites for hydroxylation is 1. The van der Waals surface area contributed by atoms with Crippen molar-refractivity contribution in [1.29, 1.82) is 0 Å². The number of rotatable bonds is 3. The molecular weight excluding hydrogens is 326 g/mol. The van der Waals surface area contributed by atoms with E-state index >= 15 is 0 Å². The Morgan fingerprint density at radius 2 is 1.58 bits per heavy atom. The van der Waals surface area contributed by atoms with E-state index in [0.29, 0.717) is 24.4 Å². The molecule has 0 saturated carbocycles. The Hall–Kier alpha value is -2.76. The molecule has 1 aliphatic rings. The first-order valence-electron chi connectivity index (χ1n) is 8.80. The molecule has 2 aromatic carbocycles. The summed E-state index contributed by atoms with van der Waals surface area (Å²) >= 11 is 0. The van der Waals surface area contributed by atoms with E-state index in [-0.39, 0.29) is 18.1 Å². The molecule has 0 saturated heterocycles. The predicted molar refractivity (Wildman–Crippen MR) is 99.3 cm³/mol. The number of fused-ring (bicyclic) bond motifs is 1. The van der Waals surface area contributed by atoms with Crippen LogP contribution in [-0.2, 0) is 13.0 Å². The number of aromatic nitrogens is 2. The Labute approximate surface area is 152 Å². The maximum Gasteiger partial charge on any atom is 0.259 e. The van der Waals surface area contributed by atoms with Gasteiger partial charge >= 0.3 is 0 Å². The van der Waals surface area contributed by atoms with E-state index in [1.54, 1.807) is 4.57 Å². The molecule has 4 rings (SSSR count). The van der Waals surface area contributed by atoms with Crippen molar-refractivity contribution in [2.75, 3.05) is 6.54 Å². The van der Waals surface area contributed by atoms with Gasteiger partial charge in [-0.05, 0) is 18.1 Å². The molecule has 0 bridgehead atoms. The van der Waals surface area contributed by atoms with Gasteiger partial charge in [0.2, 0.25) is 0 Å². The van der Waals surface area contributed by atoms with Crippen LogP contribution in [0.3, 0.4) is 0 Å². The highest BCUT2D eigenvalue weighted by atomic mass is 16.5. The molecule has 3 aromatic rings. The smallest absolute Gasteiger partial charge is 0.259 e. The van der Waals surface area contributed by atoms with Gasteiger partial charge in [0.15, 0.2) is 0 Å². The van der Waals surface area contributed by atoms with E-state index in [9.17, 15) is 10.0 Å². The number of hydrogen-bond acceptors (Lipinski definition) is 4. The van der Waals surface area contributed by atoms with Gasteiger partial charge in [0.05, 0.1) is 23.8 Å². The molecule has 0 spiro atoms. The summed E-state index contributed by atoms with van der Waals surface area (Å²) in [6, 6.07) is 19.7. The molecule has 5 heteroatoms. The van der Waals surface area contributed by atoms with E-state index in [1.165, 1.54) is 5.06 Å². The first-order chi connectivity index (χ1) is 12.6. The fraction of sp³-hybridized carbons (Fsp3) is 0.238. The van der Waals surface area contributed by atoms with Crippen LogP contribution in [-0.4, -0.2) is 26.4 Å². The van der Waals surface area contributed by atoms with Crippen LogP contribution >= 0.6 is 0 Å². The lowest BCUT2D eigenvalue weighted by Crippen LogP contribution is -2.39. The lowest BCUT2D eigenvalue weighted by Gasteiger charge is -2.27. The monoisotopic (exact) mass is 347 g/mol. The molecule has 2 heterocycles. The molecule has 1 N–H and O–H groups in total. The molecule has 0 atom stereocenters. The van der Waals surface area contributed by atoms with Gasteiger partial charge in [0.1, 0.15) is 5.82 Å². The molecular formula is C21H21N3O2. The molecule has 0 amide bonds. The number of nitrogens with zero attached hydrogens (tertiary/aromatic N) is 3. The predicted octanol–water partition coefficient (Wildman–Crippen LogP) is 2.94. The molecule has 0 radical (unpaired) electrons. The lowest BCUT2D eigenvalue weighted by molar-refractivity contribution is -0.104. The van der Waals surface area contributed by atoms with Crippen molar-refractivity contribution < 1.29 is 5.21 Å². The zero-order valence-corrected chi connectivity index (χ0v) is 14.7. The number of hydroxylamine groups is 2. The zero-order chi connectivity index (χ0) is 18.1. The molecule has 132 valence electrons. The van der Waals surface area contributed by atoms with Crippen LogP contribution in [0.5, 0.6) is 0 Å². The first-order valence-corrected chi connectivity index (χ1v) is 8.80. The third-order valence-electron chi connectivity index (χ3n) is 4.91. The molecule has 5 nitrogen and oxygen atoms in total. The van der Waals surface area contributed by atoms with E-state index < -0.39 is 0 Å². The second-order valence-electron chi connectivity index (χ2n) is 6.62. The van der Waals surface area contributed by atoms with Gasteiger partial charge in [-0.3, -0.25) is 9.36 Å². The van der Waals surface area contributed by atoms with E-state index in [0.717, 1.165) is 16.8 Å². The minimum absolute atomic E-state index is 0.0797. The van der Waals surface area contributed by atoms with Crippen molar-refractivity contribution in [3.63, 3.8) is 0 Å². The van der Waals surface area contributed by atoms with Gasteiger partial charge < -0.3 is 5.21 Å². The molecule has 1 aromatic heterocycles. The van der Waals surface area contributed by atoms with Gasteiger partial charge in [0, 0.05) is 13.0 Å². The average Bonchev–Trinajstić information content (AvgIpc) is 2.67. The topological polar surface area (TPSA) is 58.4 Å². The summed E-state index contributed by atoms with van der Waals surface area (Å²) in [6.07, 6.45) is 0.587. The summed E-state index contributed by atoms with van der Waals surface area (Å²) in [5.41, 5.74) is 3.36.